The first-order valence-corrected chi connectivity index (χ1v) is 6.95. The zero-order valence-corrected chi connectivity index (χ0v) is 11.1. The molecule has 0 spiro atoms. The van der Waals surface area contributed by atoms with Crippen molar-refractivity contribution in [1.82, 2.24) is 4.90 Å². The molecule has 2 saturated carbocycles. The molecule has 3 unspecified atom stereocenters. The second-order valence-electron chi connectivity index (χ2n) is 5.17. The van der Waals surface area contributed by atoms with Crippen molar-refractivity contribution in [3.05, 3.63) is 0 Å². The van der Waals surface area contributed by atoms with Crippen molar-refractivity contribution in [3.8, 4) is 0 Å². The molecule has 0 saturated heterocycles. The van der Waals surface area contributed by atoms with Crippen LogP contribution in [-0.2, 0) is 0 Å². The van der Waals surface area contributed by atoms with Crippen molar-refractivity contribution in [2.24, 2.45) is 11.8 Å². The molecular weight excluding hydrogens is 182 g/mol. The van der Waals surface area contributed by atoms with Crippen LogP contribution in [0.2, 0.25) is 0 Å². The summed E-state index contributed by atoms with van der Waals surface area (Å²) in [6.07, 6.45) is 10.5. The van der Waals surface area contributed by atoms with Crippen LogP contribution in [0.4, 0.5) is 0 Å². The van der Waals surface area contributed by atoms with E-state index in [1.807, 2.05) is 13.8 Å². The number of hydrogen-bond donors (Lipinski definition) is 0. The Hall–Kier alpha value is -0.0400. The van der Waals surface area contributed by atoms with Gasteiger partial charge in [0.1, 0.15) is 0 Å². The van der Waals surface area contributed by atoms with Crippen LogP contribution >= 0.6 is 0 Å². The Bertz CT molecular complexity index is 163. The molecule has 2 rings (SSSR count). The molecule has 0 N–H and O–H groups in total. The molecule has 0 aromatic heterocycles. The summed E-state index contributed by atoms with van der Waals surface area (Å²) in [5, 5.41) is 0. The van der Waals surface area contributed by atoms with Crippen molar-refractivity contribution in [3.63, 3.8) is 0 Å². The average Bonchev–Trinajstić information content (AvgIpc) is 2.31. The fourth-order valence-corrected chi connectivity index (χ4v) is 3.55. The van der Waals surface area contributed by atoms with E-state index in [2.05, 4.69) is 19.0 Å². The van der Waals surface area contributed by atoms with Gasteiger partial charge in [0.2, 0.25) is 0 Å². The van der Waals surface area contributed by atoms with Crippen molar-refractivity contribution < 1.29 is 0 Å². The van der Waals surface area contributed by atoms with Gasteiger partial charge in [-0.3, -0.25) is 0 Å². The highest BCUT2D eigenvalue weighted by Crippen LogP contribution is 2.41. The standard InChI is InChI=1S/C12H23N.C2H6/c1-13(2)12-9-5-7-10-6-3-4-8-11(10)12;1-2/h10-12H,3-9H2,1-2H3;1-2H3. The molecule has 0 aromatic rings. The fourth-order valence-electron chi connectivity index (χ4n) is 3.55. The molecule has 0 aliphatic heterocycles. The summed E-state index contributed by atoms with van der Waals surface area (Å²) in [4.78, 5) is 2.47. The van der Waals surface area contributed by atoms with Gasteiger partial charge in [-0.25, -0.2) is 0 Å². The monoisotopic (exact) mass is 211 g/mol. The van der Waals surface area contributed by atoms with Gasteiger partial charge in [-0.1, -0.05) is 46.0 Å². The van der Waals surface area contributed by atoms with Gasteiger partial charge in [-0.15, -0.1) is 0 Å². The topological polar surface area (TPSA) is 3.24 Å². The van der Waals surface area contributed by atoms with E-state index in [0.29, 0.717) is 0 Å². The van der Waals surface area contributed by atoms with Crippen LogP contribution in [0.3, 0.4) is 0 Å². The molecule has 0 aromatic carbocycles. The molecule has 15 heavy (non-hydrogen) atoms. The Kier molecular flexibility index (Phi) is 5.66. The predicted molar refractivity (Wildman–Crippen MR) is 68.1 cm³/mol. The second kappa shape index (κ2) is 6.52. The lowest BCUT2D eigenvalue weighted by atomic mass is 9.68. The minimum Gasteiger partial charge on any atom is -0.306 e. The quantitative estimate of drug-likeness (QED) is 0.635. The second-order valence-corrected chi connectivity index (χ2v) is 5.17. The van der Waals surface area contributed by atoms with Gasteiger partial charge in [0.15, 0.2) is 0 Å². The zero-order chi connectivity index (χ0) is 11.3. The Morgan fingerprint density at radius 1 is 0.800 bits per heavy atom. The van der Waals surface area contributed by atoms with Gasteiger partial charge in [0.25, 0.3) is 0 Å². The van der Waals surface area contributed by atoms with Crippen LogP contribution in [0.15, 0.2) is 0 Å². The predicted octanol–water partition coefficient (Wildman–Crippen LogP) is 3.93. The van der Waals surface area contributed by atoms with E-state index < -0.39 is 0 Å². The number of hydrogen-bond acceptors (Lipinski definition) is 1. The van der Waals surface area contributed by atoms with Crippen LogP contribution in [0, 0.1) is 11.8 Å². The zero-order valence-electron chi connectivity index (χ0n) is 11.1. The number of nitrogens with zero attached hydrogens (tertiary/aromatic N) is 1. The van der Waals surface area contributed by atoms with Crippen LogP contribution in [0.5, 0.6) is 0 Å². The van der Waals surface area contributed by atoms with Gasteiger partial charge in [-0.05, 0) is 38.8 Å². The Balaban J connectivity index is 0.000000531. The summed E-state index contributed by atoms with van der Waals surface area (Å²) in [5.41, 5.74) is 0. The summed E-state index contributed by atoms with van der Waals surface area (Å²) in [7, 11) is 4.53. The highest BCUT2D eigenvalue weighted by atomic mass is 15.1. The van der Waals surface area contributed by atoms with Gasteiger partial charge < -0.3 is 4.90 Å². The maximum atomic E-state index is 2.47. The van der Waals surface area contributed by atoms with E-state index in [4.69, 9.17) is 0 Å². The third kappa shape index (κ3) is 3.21. The largest absolute Gasteiger partial charge is 0.306 e. The summed E-state index contributed by atoms with van der Waals surface area (Å²) in [6, 6.07) is 0.902. The van der Waals surface area contributed by atoms with Gasteiger partial charge in [0, 0.05) is 6.04 Å². The van der Waals surface area contributed by atoms with E-state index in [1.165, 1.54) is 44.9 Å². The molecule has 1 nitrogen and oxygen atoms in total. The molecule has 0 bridgehead atoms. The van der Waals surface area contributed by atoms with Crippen molar-refractivity contribution in [2.75, 3.05) is 14.1 Å². The first-order chi connectivity index (χ1) is 7.29. The molecule has 2 fully saturated rings. The lowest BCUT2D eigenvalue weighted by Gasteiger charge is -2.44. The van der Waals surface area contributed by atoms with Crippen molar-refractivity contribution in [2.45, 2.75) is 64.8 Å². The molecular formula is C14H29N. The number of fused-ring (bicyclic) bond motifs is 1. The van der Waals surface area contributed by atoms with Gasteiger partial charge >= 0.3 is 0 Å². The lowest BCUT2D eigenvalue weighted by Crippen LogP contribution is -2.43. The van der Waals surface area contributed by atoms with Crippen molar-refractivity contribution >= 4 is 0 Å². The SMILES string of the molecule is CC.CN(C)C1CCCC2CCCCC21. The fraction of sp³-hybridized carbons (Fsp3) is 1.00. The molecule has 0 radical (unpaired) electrons. The van der Waals surface area contributed by atoms with Crippen LogP contribution < -0.4 is 0 Å². The molecule has 2 aliphatic carbocycles. The molecule has 3 atom stereocenters. The van der Waals surface area contributed by atoms with Gasteiger partial charge in [-0.2, -0.15) is 0 Å². The van der Waals surface area contributed by atoms with Crippen LogP contribution in [0.1, 0.15) is 58.8 Å². The van der Waals surface area contributed by atoms with E-state index >= 15 is 0 Å². The van der Waals surface area contributed by atoms with Crippen molar-refractivity contribution in [1.29, 1.82) is 0 Å². The minimum absolute atomic E-state index is 0.902. The molecule has 1 heteroatoms. The van der Waals surface area contributed by atoms with E-state index in [1.54, 1.807) is 0 Å². The van der Waals surface area contributed by atoms with Crippen LogP contribution in [0.25, 0.3) is 0 Å². The molecule has 2 aliphatic rings. The number of rotatable bonds is 1. The first kappa shape index (κ1) is 13.0. The maximum absolute atomic E-state index is 2.47. The molecule has 0 heterocycles. The third-order valence-corrected chi connectivity index (χ3v) is 4.20. The summed E-state index contributed by atoms with van der Waals surface area (Å²) >= 11 is 0. The minimum atomic E-state index is 0.902. The summed E-state index contributed by atoms with van der Waals surface area (Å²) in [5.74, 6) is 2.12. The Morgan fingerprint density at radius 2 is 1.40 bits per heavy atom. The maximum Gasteiger partial charge on any atom is 0.0120 e. The third-order valence-electron chi connectivity index (χ3n) is 4.20. The van der Waals surface area contributed by atoms with Crippen LogP contribution in [-0.4, -0.2) is 25.0 Å². The Morgan fingerprint density at radius 3 is 2.07 bits per heavy atom. The normalized spacial score (nSPS) is 35.4. The Labute approximate surface area is 96.2 Å². The van der Waals surface area contributed by atoms with E-state index in [-0.39, 0.29) is 0 Å². The smallest absolute Gasteiger partial charge is 0.0120 e. The molecule has 90 valence electrons. The molecule has 0 amide bonds. The van der Waals surface area contributed by atoms with E-state index in [0.717, 1.165) is 17.9 Å². The summed E-state index contributed by atoms with van der Waals surface area (Å²) < 4.78 is 0. The average molecular weight is 211 g/mol. The summed E-state index contributed by atoms with van der Waals surface area (Å²) in [6.45, 7) is 4.00. The lowest BCUT2D eigenvalue weighted by molar-refractivity contribution is 0.0695. The highest BCUT2D eigenvalue weighted by Gasteiger charge is 2.35. The first-order valence-electron chi connectivity index (χ1n) is 6.95. The highest BCUT2D eigenvalue weighted by molar-refractivity contribution is 4.88. The van der Waals surface area contributed by atoms with Gasteiger partial charge in [0.05, 0.1) is 0 Å². The van der Waals surface area contributed by atoms with E-state index in [9.17, 15) is 0 Å².